The Morgan fingerprint density at radius 2 is 2.10 bits per heavy atom. The maximum absolute atomic E-state index is 4.13. The Labute approximate surface area is 120 Å². The van der Waals surface area contributed by atoms with Crippen molar-refractivity contribution in [3.63, 3.8) is 0 Å². The van der Waals surface area contributed by atoms with Crippen LogP contribution in [0.4, 0.5) is 0 Å². The van der Waals surface area contributed by atoms with Crippen LogP contribution in [0.2, 0.25) is 0 Å². The molecule has 0 aliphatic rings. The molecule has 20 heavy (non-hydrogen) atoms. The summed E-state index contributed by atoms with van der Waals surface area (Å²) in [5, 5.41) is 8.05. The maximum atomic E-state index is 4.13. The smallest absolute Gasteiger partial charge is 0.146 e. The summed E-state index contributed by atoms with van der Waals surface area (Å²) in [5.41, 5.74) is 1.36. The highest BCUT2D eigenvalue weighted by atomic mass is 15.3. The lowest BCUT2D eigenvalue weighted by Gasteiger charge is -2.23. The molecular formula is C16H22N4. The molecule has 0 N–H and O–H groups in total. The van der Waals surface area contributed by atoms with E-state index in [1.807, 2.05) is 17.7 Å². The lowest BCUT2D eigenvalue weighted by atomic mass is 9.95. The first-order chi connectivity index (χ1) is 9.70. The summed E-state index contributed by atoms with van der Waals surface area (Å²) in [5.74, 6) is 1.45. The van der Waals surface area contributed by atoms with Gasteiger partial charge >= 0.3 is 0 Å². The molecule has 4 heteroatoms. The van der Waals surface area contributed by atoms with Crippen LogP contribution in [-0.2, 0) is 13.6 Å². The van der Waals surface area contributed by atoms with E-state index in [0.29, 0.717) is 5.92 Å². The van der Waals surface area contributed by atoms with E-state index in [9.17, 15) is 0 Å². The summed E-state index contributed by atoms with van der Waals surface area (Å²) in [6.07, 6.45) is 4.71. The molecule has 1 unspecified atom stereocenters. The van der Waals surface area contributed by atoms with Crippen LogP contribution in [0.1, 0.15) is 23.7 Å². The summed E-state index contributed by atoms with van der Waals surface area (Å²) >= 11 is 0. The Hall–Kier alpha value is -1.94. The van der Waals surface area contributed by atoms with Crippen LogP contribution in [-0.4, -0.2) is 33.3 Å². The highest BCUT2D eigenvalue weighted by Crippen LogP contribution is 2.21. The first-order valence-electron chi connectivity index (χ1n) is 6.88. The van der Waals surface area contributed by atoms with Gasteiger partial charge in [-0.3, -0.25) is 4.90 Å². The third kappa shape index (κ3) is 3.78. The molecule has 4 nitrogen and oxygen atoms in total. The van der Waals surface area contributed by atoms with Crippen LogP contribution in [0.25, 0.3) is 0 Å². The molecule has 0 spiro atoms. The molecular weight excluding hydrogens is 248 g/mol. The van der Waals surface area contributed by atoms with Crippen LogP contribution < -0.4 is 0 Å². The molecule has 106 valence electrons. The van der Waals surface area contributed by atoms with Gasteiger partial charge in [0.05, 0.1) is 6.54 Å². The van der Waals surface area contributed by atoms with Crippen molar-refractivity contribution in [3.05, 3.63) is 60.7 Å². The molecule has 2 aromatic rings. The van der Waals surface area contributed by atoms with Crippen LogP contribution in [0.3, 0.4) is 0 Å². The zero-order valence-corrected chi connectivity index (χ0v) is 12.2. The van der Waals surface area contributed by atoms with Crippen molar-refractivity contribution in [2.75, 3.05) is 13.6 Å². The lowest BCUT2D eigenvalue weighted by Crippen LogP contribution is -2.25. The van der Waals surface area contributed by atoms with Crippen molar-refractivity contribution in [3.8, 4) is 0 Å². The second kappa shape index (κ2) is 7.01. The van der Waals surface area contributed by atoms with Crippen LogP contribution >= 0.6 is 0 Å². The minimum atomic E-state index is 0.465. The summed E-state index contributed by atoms with van der Waals surface area (Å²) in [6.45, 7) is 5.66. The normalized spacial score (nSPS) is 12.6. The Kier molecular flexibility index (Phi) is 5.07. The number of aromatic nitrogens is 3. The summed E-state index contributed by atoms with van der Waals surface area (Å²) in [4.78, 5) is 2.28. The fourth-order valence-corrected chi connectivity index (χ4v) is 2.37. The molecule has 0 saturated carbocycles. The van der Waals surface area contributed by atoms with Gasteiger partial charge in [-0.15, -0.1) is 16.8 Å². The lowest BCUT2D eigenvalue weighted by molar-refractivity contribution is 0.293. The average molecular weight is 270 g/mol. The van der Waals surface area contributed by atoms with Crippen molar-refractivity contribution in [2.45, 2.75) is 18.9 Å². The number of aryl methyl sites for hydroxylation is 1. The van der Waals surface area contributed by atoms with Gasteiger partial charge < -0.3 is 4.57 Å². The summed E-state index contributed by atoms with van der Waals surface area (Å²) < 4.78 is 1.96. The summed E-state index contributed by atoms with van der Waals surface area (Å²) in [7, 11) is 4.09. The average Bonchev–Trinajstić information content (AvgIpc) is 2.85. The van der Waals surface area contributed by atoms with Crippen molar-refractivity contribution in [1.29, 1.82) is 0 Å². The van der Waals surface area contributed by atoms with Crippen molar-refractivity contribution in [2.24, 2.45) is 7.05 Å². The van der Waals surface area contributed by atoms with E-state index >= 15 is 0 Å². The zero-order valence-electron chi connectivity index (χ0n) is 12.2. The molecule has 0 fully saturated rings. The Bertz CT molecular complexity index is 532. The predicted octanol–water partition coefficient (Wildman–Crippen LogP) is 2.61. The van der Waals surface area contributed by atoms with E-state index in [1.54, 1.807) is 6.33 Å². The van der Waals surface area contributed by atoms with E-state index in [0.717, 1.165) is 25.3 Å². The molecule has 1 heterocycles. The minimum absolute atomic E-state index is 0.465. The molecule has 0 radical (unpaired) electrons. The maximum Gasteiger partial charge on any atom is 0.146 e. The SMILES string of the molecule is C=CCC(CN(C)Cc1nncn1C)c1ccccc1. The van der Waals surface area contributed by atoms with Gasteiger partial charge in [0.2, 0.25) is 0 Å². The van der Waals surface area contributed by atoms with Gasteiger partial charge in [-0.25, -0.2) is 0 Å². The monoisotopic (exact) mass is 270 g/mol. The molecule has 0 amide bonds. The molecule has 1 aromatic heterocycles. The van der Waals surface area contributed by atoms with Crippen molar-refractivity contribution >= 4 is 0 Å². The Balaban J connectivity index is 2.01. The number of hydrogen-bond acceptors (Lipinski definition) is 3. The van der Waals surface area contributed by atoms with Crippen molar-refractivity contribution in [1.82, 2.24) is 19.7 Å². The van der Waals surface area contributed by atoms with Gasteiger partial charge in [-0.2, -0.15) is 0 Å². The second-order valence-electron chi connectivity index (χ2n) is 5.19. The van der Waals surface area contributed by atoms with Crippen LogP contribution in [0, 0.1) is 0 Å². The molecule has 2 rings (SSSR count). The van der Waals surface area contributed by atoms with E-state index in [1.165, 1.54) is 5.56 Å². The third-order valence-electron chi connectivity index (χ3n) is 3.47. The molecule has 0 aliphatic heterocycles. The molecule has 0 aliphatic carbocycles. The van der Waals surface area contributed by atoms with Gasteiger partial charge in [0.25, 0.3) is 0 Å². The van der Waals surface area contributed by atoms with Gasteiger partial charge in [0, 0.05) is 19.5 Å². The Morgan fingerprint density at radius 1 is 1.35 bits per heavy atom. The third-order valence-corrected chi connectivity index (χ3v) is 3.47. The number of rotatable bonds is 7. The molecule has 0 bridgehead atoms. The van der Waals surface area contributed by atoms with Gasteiger partial charge in [0.15, 0.2) is 0 Å². The highest BCUT2D eigenvalue weighted by molar-refractivity contribution is 5.20. The number of likely N-dealkylation sites (N-methyl/N-ethyl adjacent to an activating group) is 1. The molecule has 1 aromatic carbocycles. The van der Waals surface area contributed by atoms with Crippen LogP contribution in [0.15, 0.2) is 49.3 Å². The number of benzene rings is 1. The highest BCUT2D eigenvalue weighted by Gasteiger charge is 2.14. The van der Waals surface area contributed by atoms with E-state index < -0.39 is 0 Å². The van der Waals surface area contributed by atoms with E-state index in [4.69, 9.17) is 0 Å². The topological polar surface area (TPSA) is 34.0 Å². The predicted molar refractivity (Wildman–Crippen MR) is 81.3 cm³/mol. The minimum Gasteiger partial charge on any atom is -0.320 e. The number of hydrogen-bond donors (Lipinski definition) is 0. The fourth-order valence-electron chi connectivity index (χ4n) is 2.37. The second-order valence-corrected chi connectivity index (χ2v) is 5.19. The van der Waals surface area contributed by atoms with Gasteiger partial charge in [-0.05, 0) is 19.0 Å². The largest absolute Gasteiger partial charge is 0.320 e. The zero-order chi connectivity index (χ0) is 14.4. The molecule has 1 atom stereocenters. The standard InChI is InChI=1S/C16H22N4/c1-4-8-15(14-9-6-5-7-10-14)11-19(2)12-16-18-17-13-20(16)3/h4-7,9-10,13,15H,1,8,11-12H2,2-3H3. The molecule has 0 saturated heterocycles. The van der Waals surface area contributed by atoms with E-state index in [-0.39, 0.29) is 0 Å². The fraction of sp³-hybridized carbons (Fsp3) is 0.375. The number of allylic oxidation sites excluding steroid dienone is 1. The first kappa shape index (κ1) is 14.5. The van der Waals surface area contributed by atoms with Crippen molar-refractivity contribution < 1.29 is 0 Å². The van der Waals surface area contributed by atoms with E-state index in [2.05, 4.69) is 59.1 Å². The van der Waals surface area contributed by atoms with Gasteiger partial charge in [-0.1, -0.05) is 36.4 Å². The quantitative estimate of drug-likeness (QED) is 0.725. The van der Waals surface area contributed by atoms with Gasteiger partial charge in [0.1, 0.15) is 12.2 Å². The number of nitrogens with zero attached hydrogens (tertiary/aromatic N) is 4. The first-order valence-corrected chi connectivity index (χ1v) is 6.88. The summed E-state index contributed by atoms with van der Waals surface area (Å²) in [6, 6.07) is 10.6. The van der Waals surface area contributed by atoms with Crippen LogP contribution in [0.5, 0.6) is 0 Å². The Morgan fingerprint density at radius 3 is 2.70 bits per heavy atom.